The Morgan fingerprint density at radius 1 is 1.10 bits per heavy atom. The first-order chi connectivity index (χ1) is 14.2. The summed E-state index contributed by atoms with van der Waals surface area (Å²) in [7, 11) is -10.0. The van der Waals surface area contributed by atoms with Crippen LogP contribution >= 0.6 is 15.6 Å². The number of halogens is 3. The fraction of sp³-hybridized carbons (Fsp3) is 0.412. The Morgan fingerprint density at radius 3 is 2.35 bits per heavy atom. The third kappa shape index (κ3) is 13.4. The molecule has 0 spiro atoms. The molecular formula is C17H24F3NO8P2. The fourth-order valence-corrected chi connectivity index (χ4v) is 3.74. The first kappa shape index (κ1) is 27.4. The second kappa shape index (κ2) is 11.8. The minimum atomic E-state index is -5.16. The van der Waals surface area contributed by atoms with Crippen molar-refractivity contribution in [3.8, 4) is 5.75 Å². The van der Waals surface area contributed by atoms with E-state index in [2.05, 4.69) is 18.9 Å². The lowest BCUT2D eigenvalue weighted by atomic mass is 10.1. The quantitative estimate of drug-likeness (QED) is 0.239. The Kier molecular flexibility index (Phi) is 10.4. The van der Waals surface area contributed by atoms with Gasteiger partial charge in [0.1, 0.15) is 0 Å². The van der Waals surface area contributed by atoms with Crippen molar-refractivity contribution in [2.24, 2.45) is 0 Å². The Bertz CT molecular complexity index is 882. The van der Waals surface area contributed by atoms with Gasteiger partial charge in [-0.2, -0.15) is 4.31 Å². The van der Waals surface area contributed by atoms with E-state index < -0.39 is 22.0 Å². The second-order valence-electron chi connectivity index (χ2n) is 6.37. The molecule has 1 aromatic carbocycles. The predicted octanol–water partition coefficient (Wildman–Crippen LogP) is 4.90. The van der Waals surface area contributed by atoms with E-state index in [1.807, 2.05) is 6.08 Å². The standard InChI is InChI=1S/C17H24F3NO8P2/c1-13(10-11-27-31(25,26)29-30(22,23)24)6-5-7-14(2)12-21-15-8-3-4-9-16(15)28-17(18,19)20/h3-4,7-10,21H,5-6,11-12H2,1-2H3,(H,25,26)(H2,22,23,24)/b13-10+,14-7+. The molecule has 0 saturated heterocycles. The Hall–Kier alpha value is -1.65. The summed E-state index contributed by atoms with van der Waals surface area (Å²) in [5, 5.41) is 2.88. The van der Waals surface area contributed by atoms with Crippen molar-refractivity contribution in [2.45, 2.75) is 33.1 Å². The van der Waals surface area contributed by atoms with Gasteiger partial charge in [0.05, 0.1) is 12.3 Å². The maximum atomic E-state index is 12.4. The number of alkyl halides is 3. The lowest BCUT2D eigenvalue weighted by Crippen LogP contribution is -2.18. The second-order valence-corrected chi connectivity index (χ2v) is 9.20. The number of benzene rings is 1. The predicted molar refractivity (Wildman–Crippen MR) is 107 cm³/mol. The van der Waals surface area contributed by atoms with Gasteiger partial charge in [-0.25, -0.2) is 9.13 Å². The first-order valence-corrected chi connectivity index (χ1v) is 11.8. The molecule has 9 nitrogen and oxygen atoms in total. The summed E-state index contributed by atoms with van der Waals surface area (Å²) in [6.45, 7) is 3.42. The maximum absolute atomic E-state index is 12.4. The highest BCUT2D eigenvalue weighted by atomic mass is 31.3. The topological polar surface area (TPSA) is 135 Å². The van der Waals surface area contributed by atoms with E-state index in [9.17, 15) is 22.3 Å². The lowest BCUT2D eigenvalue weighted by Gasteiger charge is -2.14. The smallest absolute Gasteiger partial charge is 0.404 e. The summed E-state index contributed by atoms with van der Waals surface area (Å²) in [5.74, 6) is -0.328. The summed E-state index contributed by atoms with van der Waals surface area (Å²) in [6, 6.07) is 5.69. The van der Waals surface area contributed by atoms with Crippen molar-refractivity contribution in [1.82, 2.24) is 0 Å². The number of allylic oxidation sites excluding steroid dienone is 2. The molecule has 0 fully saturated rings. The zero-order chi connectivity index (χ0) is 23.7. The van der Waals surface area contributed by atoms with E-state index in [1.54, 1.807) is 19.9 Å². The van der Waals surface area contributed by atoms with Gasteiger partial charge in [0, 0.05) is 6.54 Å². The van der Waals surface area contributed by atoms with Crippen LogP contribution in [0.5, 0.6) is 5.75 Å². The number of phosphoric ester groups is 1. The summed E-state index contributed by atoms with van der Waals surface area (Å²) >= 11 is 0. The number of hydrogen-bond donors (Lipinski definition) is 4. The average Bonchev–Trinajstić information content (AvgIpc) is 2.57. The van der Waals surface area contributed by atoms with Crippen LogP contribution in [0, 0.1) is 0 Å². The Balaban J connectivity index is 2.47. The third-order valence-electron chi connectivity index (χ3n) is 3.58. The van der Waals surface area contributed by atoms with E-state index in [4.69, 9.17) is 14.7 Å². The van der Waals surface area contributed by atoms with Gasteiger partial charge in [-0.05, 0) is 38.8 Å². The summed E-state index contributed by atoms with van der Waals surface area (Å²) in [5.41, 5.74) is 1.84. The molecule has 0 aliphatic carbocycles. The highest BCUT2D eigenvalue weighted by molar-refractivity contribution is 7.60. The molecule has 0 aromatic heterocycles. The van der Waals surface area contributed by atoms with Gasteiger partial charge in [0.15, 0.2) is 5.75 Å². The molecule has 0 bridgehead atoms. The zero-order valence-electron chi connectivity index (χ0n) is 16.7. The van der Waals surface area contributed by atoms with Crippen LogP contribution < -0.4 is 10.1 Å². The van der Waals surface area contributed by atoms with Crippen molar-refractivity contribution in [2.75, 3.05) is 18.5 Å². The van der Waals surface area contributed by atoms with Crippen molar-refractivity contribution in [1.29, 1.82) is 0 Å². The molecular weight excluding hydrogens is 465 g/mol. The largest absolute Gasteiger partial charge is 0.573 e. The maximum Gasteiger partial charge on any atom is 0.573 e. The lowest BCUT2D eigenvalue weighted by molar-refractivity contribution is -0.274. The summed E-state index contributed by atoms with van der Waals surface area (Å²) in [4.78, 5) is 26.2. The van der Waals surface area contributed by atoms with Crippen LogP contribution in [-0.4, -0.2) is 34.2 Å². The molecule has 0 heterocycles. The van der Waals surface area contributed by atoms with Gasteiger partial charge in [-0.3, -0.25) is 4.52 Å². The zero-order valence-corrected chi connectivity index (χ0v) is 18.5. The minimum absolute atomic E-state index is 0.201. The van der Waals surface area contributed by atoms with Gasteiger partial charge in [-0.1, -0.05) is 35.4 Å². The van der Waals surface area contributed by atoms with Crippen molar-refractivity contribution >= 4 is 21.3 Å². The van der Waals surface area contributed by atoms with E-state index >= 15 is 0 Å². The van der Waals surface area contributed by atoms with E-state index in [0.717, 1.165) is 11.1 Å². The summed E-state index contributed by atoms with van der Waals surface area (Å²) < 4.78 is 71.3. The highest BCUT2D eigenvalue weighted by Crippen LogP contribution is 2.57. The first-order valence-electron chi connectivity index (χ1n) is 8.81. The number of hydrogen-bond acceptors (Lipinski definition) is 6. The molecule has 1 rings (SSSR count). The number of ether oxygens (including phenoxy) is 1. The van der Waals surface area contributed by atoms with Crippen molar-refractivity contribution in [3.05, 3.63) is 47.6 Å². The van der Waals surface area contributed by atoms with Crippen LogP contribution in [0.25, 0.3) is 0 Å². The Morgan fingerprint density at radius 2 is 1.74 bits per heavy atom. The number of nitrogens with one attached hydrogen (secondary N) is 1. The van der Waals surface area contributed by atoms with Crippen LogP contribution in [0.15, 0.2) is 47.6 Å². The molecule has 31 heavy (non-hydrogen) atoms. The van der Waals surface area contributed by atoms with E-state index in [-0.39, 0.29) is 24.6 Å². The molecule has 0 radical (unpaired) electrons. The molecule has 4 N–H and O–H groups in total. The number of phosphoric acid groups is 2. The molecule has 14 heteroatoms. The van der Waals surface area contributed by atoms with Crippen LogP contribution in [-0.2, 0) is 18.0 Å². The molecule has 0 saturated carbocycles. The average molecular weight is 489 g/mol. The molecule has 1 atom stereocenters. The molecule has 0 aliphatic heterocycles. The molecule has 176 valence electrons. The third-order valence-corrected chi connectivity index (χ3v) is 5.73. The van der Waals surface area contributed by atoms with Crippen molar-refractivity contribution < 1.29 is 50.6 Å². The monoisotopic (exact) mass is 489 g/mol. The van der Waals surface area contributed by atoms with Crippen LogP contribution in [0.3, 0.4) is 0 Å². The normalized spacial score (nSPS) is 15.5. The van der Waals surface area contributed by atoms with Gasteiger partial charge < -0.3 is 24.7 Å². The summed E-state index contributed by atoms with van der Waals surface area (Å²) in [6.07, 6.45) is -0.345. The minimum Gasteiger partial charge on any atom is -0.404 e. The van der Waals surface area contributed by atoms with Crippen molar-refractivity contribution in [3.63, 3.8) is 0 Å². The van der Waals surface area contributed by atoms with Crippen LogP contribution in [0.4, 0.5) is 18.9 Å². The number of anilines is 1. The molecule has 0 amide bonds. The number of para-hydroxylation sites is 2. The Labute approximate surface area is 177 Å². The van der Waals surface area contributed by atoms with E-state index in [0.29, 0.717) is 12.8 Å². The van der Waals surface area contributed by atoms with E-state index in [1.165, 1.54) is 24.3 Å². The highest BCUT2D eigenvalue weighted by Gasteiger charge is 2.32. The van der Waals surface area contributed by atoms with Gasteiger partial charge in [0.25, 0.3) is 0 Å². The fourth-order valence-electron chi connectivity index (χ4n) is 2.21. The number of rotatable bonds is 12. The molecule has 0 aliphatic rings. The van der Waals surface area contributed by atoms with Gasteiger partial charge >= 0.3 is 22.0 Å². The molecule has 1 unspecified atom stereocenters. The SMILES string of the molecule is C/C(=C\COP(=O)(O)OP(=O)(O)O)CC/C=C(\C)CNc1ccccc1OC(F)(F)F. The molecule has 1 aromatic rings. The van der Waals surface area contributed by atoms with Crippen LogP contribution in [0.1, 0.15) is 26.7 Å². The van der Waals surface area contributed by atoms with Gasteiger partial charge in [0.2, 0.25) is 0 Å². The van der Waals surface area contributed by atoms with Crippen LogP contribution in [0.2, 0.25) is 0 Å². The van der Waals surface area contributed by atoms with Gasteiger partial charge in [-0.15, -0.1) is 13.2 Å².